The Morgan fingerprint density at radius 1 is 1.07 bits per heavy atom. The molecule has 4 rings (SSSR count). The minimum Gasteiger partial charge on any atom is -0.493 e. The van der Waals surface area contributed by atoms with Crippen molar-refractivity contribution in [2.24, 2.45) is 0 Å². The third-order valence-electron chi connectivity index (χ3n) is 8.58. The Balaban J connectivity index is 1.65. The number of carbonyl (C=O) groups excluding carboxylic acids is 1. The summed E-state index contributed by atoms with van der Waals surface area (Å²) in [6, 6.07) is 6.42. The van der Waals surface area contributed by atoms with E-state index in [1.165, 1.54) is 25.7 Å². The normalized spacial score (nSPS) is 19.3. The number of ether oxygens (including phenoxy) is 2. The summed E-state index contributed by atoms with van der Waals surface area (Å²) < 4.78 is 14.6. The van der Waals surface area contributed by atoms with Crippen molar-refractivity contribution in [3.63, 3.8) is 0 Å². The van der Waals surface area contributed by atoms with E-state index in [9.17, 15) is 4.79 Å². The third kappa shape index (κ3) is 8.38. The Kier molecular flexibility index (Phi) is 11.4. The second kappa shape index (κ2) is 14.7. The van der Waals surface area contributed by atoms with Crippen LogP contribution >= 0.6 is 0 Å². The molecule has 230 valence electrons. The van der Waals surface area contributed by atoms with Crippen LogP contribution < -0.4 is 4.74 Å². The zero-order chi connectivity index (χ0) is 29.4. The van der Waals surface area contributed by atoms with Crippen LogP contribution in [-0.4, -0.2) is 88.4 Å². The van der Waals surface area contributed by atoms with Crippen LogP contribution in [0.25, 0.3) is 11.0 Å². The number of hydrogen-bond acceptors (Lipinski definition) is 6. The second-order valence-corrected chi connectivity index (χ2v) is 12.9. The topological polar surface area (TPSA) is 63.1 Å². The van der Waals surface area contributed by atoms with Gasteiger partial charge >= 0.3 is 6.09 Å². The highest BCUT2D eigenvalue weighted by Gasteiger charge is 2.34. The van der Waals surface area contributed by atoms with E-state index >= 15 is 0 Å². The van der Waals surface area contributed by atoms with Crippen LogP contribution in [0.5, 0.6) is 5.75 Å². The molecule has 2 unspecified atom stereocenters. The summed E-state index contributed by atoms with van der Waals surface area (Å²) in [7, 11) is 0. The number of piperidine rings is 1. The molecule has 1 aromatic carbocycles. The summed E-state index contributed by atoms with van der Waals surface area (Å²) in [5, 5.41) is 0. The lowest BCUT2D eigenvalue weighted by Gasteiger charge is -2.36. The van der Waals surface area contributed by atoms with Gasteiger partial charge < -0.3 is 23.8 Å². The molecular formula is C33H55N5O3. The van der Waals surface area contributed by atoms with Gasteiger partial charge in [0.05, 0.1) is 23.8 Å². The molecule has 1 amide bonds. The Morgan fingerprint density at radius 2 is 1.83 bits per heavy atom. The molecule has 0 radical (unpaired) electrons. The van der Waals surface area contributed by atoms with E-state index in [1.54, 1.807) is 0 Å². The van der Waals surface area contributed by atoms with Crippen molar-refractivity contribution in [3.8, 4) is 5.75 Å². The minimum absolute atomic E-state index is 0.175. The number of benzene rings is 1. The van der Waals surface area contributed by atoms with Crippen LogP contribution in [0.4, 0.5) is 4.79 Å². The van der Waals surface area contributed by atoms with Crippen molar-refractivity contribution < 1.29 is 14.3 Å². The highest BCUT2D eigenvalue weighted by atomic mass is 16.6. The molecule has 2 fully saturated rings. The van der Waals surface area contributed by atoms with Gasteiger partial charge in [0.25, 0.3) is 0 Å². The third-order valence-corrected chi connectivity index (χ3v) is 8.58. The number of amides is 1. The molecule has 3 heterocycles. The summed E-state index contributed by atoms with van der Waals surface area (Å²) in [6.45, 7) is 20.1. The molecule has 8 nitrogen and oxygen atoms in total. The number of fused-ring (bicyclic) bond motifs is 1. The lowest BCUT2D eigenvalue weighted by molar-refractivity contribution is 0.0193. The molecular weight excluding hydrogens is 514 g/mol. The maximum absolute atomic E-state index is 13.0. The Morgan fingerprint density at radius 3 is 2.51 bits per heavy atom. The van der Waals surface area contributed by atoms with E-state index in [-0.39, 0.29) is 18.2 Å². The van der Waals surface area contributed by atoms with Crippen molar-refractivity contribution in [3.05, 3.63) is 24.0 Å². The number of carbonyl (C=O) groups is 1. The molecule has 2 aliphatic heterocycles. The van der Waals surface area contributed by atoms with E-state index in [0.29, 0.717) is 13.2 Å². The average Bonchev–Trinajstić information content (AvgIpc) is 3.62. The first-order valence-electron chi connectivity index (χ1n) is 16.3. The fourth-order valence-electron chi connectivity index (χ4n) is 6.38. The molecule has 1 aromatic heterocycles. The number of nitrogens with zero attached hydrogens (tertiary/aromatic N) is 5. The van der Waals surface area contributed by atoms with Gasteiger partial charge in [0.2, 0.25) is 0 Å². The predicted molar refractivity (Wildman–Crippen MR) is 167 cm³/mol. The summed E-state index contributed by atoms with van der Waals surface area (Å²) in [5.41, 5.74) is 1.68. The van der Waals surface area contributed by atoms with Crippen LogP contribution in [0.1, 0.15) is 111 Å². The van der Waals surface area contributed by atoms with E-state index < -0.39 is 5.60 Å². The predicted octanol–water partition coefficient (Wildman–Crippen LogP) is 7.05. The van der Waals surface area contributed by atoms with Crippen molar-refractivity contribution in [1.82, 2.24) is 24.3 Å². The number of aromatic nitrogens is 2. The van der Waals surface area contributed by atoms with Crippen molar-refractivity contribution in [2.75, 3.05) is 52.4 Å². The largest absolute Gasteiger partial charge is 0.493 e. The monoisotopic (exact) mass is 569 g/mol. The summed E-state index contributed by atoms with van der Waals surface area (Å²) in [6.07, 6.45) is 9.00. The number of likely N-dealkylation sites (tertiary alicyclic amines) is 2. The first kappa shape index (κ1) is 31.6. The maximum Gasteiger partial charge on any atom is 0.410 e. The molecule has 0 aliphatic carbocycles. The summed E-state index contributed by atoms with van der Waals surface area (Å²) in [4.78, 5) is 25.3. The Hall–Kier alpha value is -2.32. The maximum atomic E-state index is 13.0. The first-order chi connectivity index (χ1) is 19.7. The average molecular weight is 570 g/mol. The SMILES string of the molecule is CCCCC(N1CCCC1)n1c(C2CCCN(C(=O)OC(C)(C)C)C2)nc2ccc(OCCCN(CC)CC)cc21. The molecule has 0 saturated carbocycles. The Bertz CT molecular complexity index is 1100. The molecule has 0 bridgehead atoms. The zero-order valence-corrected chi connectivity index (χ0v) is 26.7. The van der Waals surface area contributed by atoms with E-state index in [0.717, 1.165) is 87.6 Å². The van der Waals surface area contributed by atoms with Gasteiger partial charge in [-0.2, -0.15) is 0 Å². The Labute approximate surface area is 248 Å². The lowest BCUT2D eigenvalue weighted by Crippen LogP contribution is -2.43. The molecule has 2 aromatic rings. The highest BCUT2D eigenvalue weighted by molar-refractivity contribution is 5.78. The van der Waals surface area contributed by atoms with E-state index in [1.807, 2.05) is 25.7 Å². The van der Waals surface area contributed by atoms with Crippen molar-refractivity contribution >= 4 is 17.1 Å². The van der Waals surface area contributed by atoms with Gasteiger partial charge in [-0.05, 0) is 84.5 Å². The van der Waals surface area contributed by atoms with Crippen LogP contribution in [0, 0.1) is 0 Å². The summed E-state index contributed by atoms with van der Waals surface area (Å²) in [5.74, 6) is 2.20. The minimum atomic E-state index is -0.500. The van der Waals surface area contributed by atoms with Gasteiger partial charge in [0, 0.05) is 44.7 Å². The second-order valence-electron chi connectivity index (χ2n) is 12.9. The van der Waals surface area contributed by atoms with Gasteiger partial charge in [-0.25, -0.2) is 9.78 Å². The molecule has 2 atom stereocenters. The number of imidazole rings is 1. The number of unbranched alkanes of at least 4 members (excludes halogenated alkanes) is 1. The first-order valence-corrected chi connectivity index (χ1v) is 16.3. The van der Waals surface area contributed by atoms with Crippen LogP contribution in [0.3, 0.4) is 0 Å². The number of rotatable bonds is 13. The fraction of sp³-hybridized carbons (Fsp3) is 0.758. The van der Waals surface area contributed by atoms with Gasteiger partial charge in [-0.1, -0.05) is 33.6 Å². The van der Waals surface area contributed by atoms with Gasteiger partial charge in [-0.15, -0.1) is 0 Å². The molecule has 2 saturated heterocycles. The molecule has 8 heteroatoms. The quantitative estimate of drug-likeness (QED) is 0.241. The van der Waals surface area contributed by atoms with Crippen LogP contribution in [0.2, 0.25) is 0 Å². The molecule has 0 N–H and O–H groups in total. The smallest absolute Gasteiger partial charge is 0.410 e. The van der Waals surface area contributed by atoms with Crippen LogP contribution in [-0.2, 0) is 4.74 Å². The number of hydrogen-bond donors (Lipinski definition) is 0. The molecule has 41 heavy (non-hydrogen) atoms. The highest BCUT2D eigenvalue weighted by Crippen LogP contribution is 2.37. The van der Waals surface area contributed by atoms with Gasteiger partial charge in [0.15, 0.2) is 0 Å². The van der Waals surface area contributed by atoms with E-state index in [4.69, 9.17) is 14.5 Å². The van der Waals surface area contributed by atoms with Crippen molar-refractivity contribution in [1.29, 1.82) is 0 Å². The fourth-order valence-corrected chi connectivity index (χ4v) is 6.38. The standard InChI is InChI=1S/C33H55N5O3/c1-7-10-16-30(36-20-11-12-21-36)38-29-24-27(40-23-14-19-35(8-2)9-3)17-18-28(29)34-31(38)26-15-13-22-37(25-26)32(39)41-33(4,5)6/h17-18,24,26,30H,7-16,19-23,25H2,1-6H3. The van der Waals surface area contributed by atoms with Crippen molar-refractivity contribution in [2.45, 2.75) is 111 Å². The van der Waals surface area contributed by atoms with Gasteiger partial charge in [0.1, 0.15) is 17.2 Å². The zero-order valence-electron chi connectivity index (χ0n) is 26.7. The lowest BCUT2D eigenvalue weighted by atomic mass is 9.97. The molecule has 2 aliphatic rings. The van der Waals surface area contributed by atoms with E-state index in [2.05, 4.69) is 53.3 Å². The summed E-state index contributed by atoms with van der Waals surface area (Å²) >= 11 is 0. The molecule has 0 spiro atoms. The van der Waals surface area contributed by atoms with Crippen LogP contribution in [0.15, 0.2) is 18.2 Å². The van der Waals surface area contributed by atoms with Gasteiger partial charge in [-0.3, -0.25) is 4.90 Å².